The Labute approximate surface area is 231 Å². The third kappa shape index (κ3) is 10.7. The largest absolute Gasteiger partial charge is 0.489 e. The number of hydrogen-bond donors (Lipinski definition) is 2. The van der Waals surface area contributed by atoms with Crippen LogP contribution in [0.25, 0.3) is 0 Å². The molecule has 0 radical (unpaired) electrons. The van der Waals surface area contributed by atoms with Gasteiger partial charge in [-0.3, -0.25) is 4.79 Å². The van der Waals surface area contributed by atoms with Gasteiger partial charge in [-0.15, -0.1) is 0 Å². The van der Waals surface area contributed by atoms with E-state index >= 15 is 0 Å². The average Bonchev–Trinajstić information content (AvgIpc) is 2.88. The fourth-order valence-electron chi connectivity index (χ4n) is 3.15. The van der Waals surface area contributed by atoms with Crippen LogP contribution in [0.1, 0.15) is 37.5 Å². The van der Waals surface area contributed by atoms with E-state index in [1.165, 1.54) is 6.21 Å². The molecule has 1 atom stereocenters. The van der Waals surface area contributed by atoms with E-state index in [2.05, 4.69) is 31.8 Å². The molecule has 38 heavy (non-hydrogen) atoms. The first kappa shape index (κ1) is 28.9. The van der Waals surface area contributed by atoms with Gasteiger partial charge in [0.05, 0.1) is 19.4 Å². The summed E-state index contributed by atoms with van der Waals surface area (Å²) in [6, 6.07) is 23.8. The lowest BCUT2D eigenvalue weighted by atomic mass is 10.2. The van der Waals surface area contributed by atoms with Crippen LogP contribution >= 0.6 is 15.9 Å². The minimum atomic E-state index is -1.000. The first-order valence-electron chi connectivity index (χ1n) is 12.1. The SMILES string of the molecule is CC(C)(C)OC(=O)N[C@@H](COCc1ccccc1)C(=O)N/N=C\c1ccc(OCc2ccc(Br)cc2)cc1. The molecule has 0 bridgehead atoms. The standard InChI is InChI=1S/C29H32BrN3O5/c1-29(2,3)38-28(35)32-26(20-36-18-22-7-5-4-6-8-22)27(34)33-31-17-21-11-15-25(16-12-21)37-19-23-9-13-24(30)14-10-23/h4-17,26H,18-20H2,1-3H3,(H,32,35)(H,33,34)/b31-17-/t26-/m0/s1. The summed E-state index contributed by atoms with van der Waals surface area (Å²) in [7, 11) is 0. The molecule has 2 N–H and O–H groups in total. The van der Waals surface area contributed by atoms with Crippen LogP contribution in [0, 0.1) is 0 Å². The van der Waals surface area contributed by atoms with Gasteiger partial charge in [-0.25, -0.2) is 10.2 Å². The molecule has 2 amide bonds. The minimum absolute atomic E-state index is 0.0557. The van der Waals surface area contributed by atoms with Crippen molar-refractivity contribution in [2.45, 2.75) is 45.6 Å². The third-order valence-corrected chi connectivity index (χ3v) is 5.52. The average molecular weight is 582 g/mol. The van der Waals surface area contributed by atoms with Crippen molar-refractivity contribution in [2.24, 2.45) is 5.10 Å². The lowest BCUT2D eigenvalue weighted by molar-refractivity contribution is -0.124. The molecule has 0 aliphatic rings. The molecule has 0 saturated heterocycles. The van der Waals surface area contributed by atoms with Gasteiger partial charge in [0.25, 0.3) is 5.91 Å². The number of carbonyl (C=O) groups excluding carboxylic acids is 2. The van der Waals surface area contributed by atoms with Crippen LogP contribution in [0.15, 0.2) is 88.4 Å². The van der Waals surface area contributed by atoms with Crippen molar-refractivity contribution in [1.82, 2.24) is 10.7 Å². The molecule has 0 heterocycles. The van der Waals surface area contributed by atoms with Gasteiger partial charge >= 0.3 is 6.09 Å². The van der Waals surface area contributed by atoms with Gasteiger partial charge in [-0.2, -0.15) is 5.10 Å². The molecule has 0 aliphatic carbocycles. The second-order valence-electron chi connectivity index (χ2n) is 9.42. The van der Waals surface area contributed by atoms with E-state index in [1.54, 1.807) is 20.8 Å². The Morgan fingerprint density at radius 2 is 1.58 bits per heavy atom. The number of carbonyl (C=O) groups is 2. The van der Waals surface area contributed by atoms with Gasteiger partial charge in [0.1, 0.15) is 24.0 Å². The van der Waals surface area contributed by atoms with Crippen molar-refractivity contribution in [2.75, 3.05) is 6.61 Å². The molecule has 0 fully saturated rings. The molecular formula is C29H32BrN3O5. The highest BCUT2D eigenvalue weighted by molar-refractivity contribution is 9.10. The van der Waals surface area contributed by atoms with E-state index in [-0.39, 0.29) is 6.61 Å². The predicted molar refractivity (Wildman–Crippen MR) is 150 cm³/mol. The Kier molecular flexibility index (Phi) is 10.9. The molecule has 0 spiro atoms. The maximum Gasteiger partial charge on any atom is 0.408 e. The number of ether oxygens (including phenoxy) is 3. The van der Waals surface area contributed by atoms with Crippen LogP contribution in [-0.4, -0.2) is 36.5 Å². The van der Waals surface area contributed by atoms with Crippen molar-refractivity contribution in [3.8, 4) is 5.75 Å². The number of rotatable bonds is 11. The second kappa shape index (κ2) is 14.3. The fraction of sp³-hybridized carbons (Fsp3) is 0.276. The summed E-state index contributed by atoms with van der Waals surface area (Å²) in [5.74, 6) is 0.181. The number of hydrogen-bond acceptors (Lipinski definition) is 6. The summed E-state index contributed by atoms with van der Waals surface area (Å²) in [6.07, 6.45) is 0.787. The summed E-state index contributed by atoms with van der Waals surface area (Å²) in [5, 5.41) is 6.58. The minimum Gasteiger partial charge on any atom is -0.489 e. The molecule has 9 heteroatoms. The quantitative estimate of drug-likeness (QED) is 0.227. The fourth-order valence-corrected chi connectivity index (χ4v) is 3.41. The van der Waals surface area contributed by atoms with E-state index in [9.17, 15) is 9.59 Å². The number of nitrogens with one attached hydrogen (secondary N) is 2. The summed E-state index contributed by atoms with van der Waals surface area (Å²) in [5.41, 5.74) is 4.52. The summed E-state index contributed by atoms with van der Waals surface area (Å²) in [6.45, 7) is 5.92. The molecule has 3 rings (SSSR count). The topological polar surface area (TPSA) is 98.2 Å². The number of hydrazone groups is 1. The highest BCUT2D eigenvalue weighted by atomic mass is 79.9. The Morgan fingerprint density at radius 1 is 0.921 bits per heavy atom. The molecular weight excluding hydrogens is 550 g/mol. The molecule has 3 aromatic rings. The Morgan fingerprint density at radius 3 is 2.24 bits per heavy atom. The number of nitrogens with zero attached hydrogens (tertiary/aromatic N) is 1. The maximum atomic E-state index is 12.8. The Hall–Kier alpha value is -3.69. The van der Waals surface area contributed by atoms with Gasteiger partial charge in [-0.05, 0) is 73.9 Å². The normalized spacial score (nSPS) is 12.1. The van der Waals surface area contributed by atoms with Crippen molar-refractivity contribution >= 4 is 34.1 Å². The molecule has 0 aromatic heterocycles. The van der Waals surface area contributed by atoms with Crippen LogP contribution in [0.2, 0.25) is 0 Å². The third-order valence-electron chi connectivity index (χ3n) is 4.99. The second-order valence-corrected chi connectivity index (χ2v) is 10.3. The number of benzene rings is 3. The number of alkyl carbamates (subject to hydrolysis) is 1. The van der Waals surface area contributed by atoms with Gasteiger partial charge in [-0.1, -0.05) is 58.4 Å². The smallest absolute Gasteiger partial charge is 0.408 e. The predicted octanol–water partition coefficient (Wildman–Crippen LogP) is 5.59. The molecule has 8 nitrogen and oxygen atoms in total. The summed E-state index contributed by atoms with van der Waals surface area (Å²) < 4.78 is 17.8. The van der Waals surface area contributed by atoms with Gasteiger partial charge < -0.3 is 19.5 Å². The van der Waals surface area contributed by atoms with Crippen LogP contribution in [0.4, 0.5) is 4.79 Å². The molecule has 0 saturated carbocycles. The lowest BCUT2D eigenvalue weighted by Crippen LogP contribution is -2.49. The van der Waals surface area contributed by atoms with Crippen molar-refractivity contribution in [1.29, 1.82) is 0 Å². The van der Waals surface area contributed by atoms with Crippen LogP contribution < -0.4 is 15.5 Å². The number of amides is 2. The maximum absolute atomic E-state index is 12.8. The van der Waals surface area contributed by atoms with Gasteiger partial charge in [0.2, 0.25) is 0 Å². The van der Waals surface area contributed by atoms with E-state index < -0.39 is 23.6 Å². The zero-order chi connectivity index (χ0) is 27.4. The highest BCUT2D eigenvalue weighted by Gasteiger charge is 2.24. The van der Waals surface area contributed by atoms with E-state index in [0.29, 0.717) is 19.0 Å². The Bertz CT molecular complexity index is 1190. The van der Waals surface area contributed by atoms with Crippen LogP contribution in [-0.2, 0) is 27.5 Å². The van der Waals surface area contributed by atoms with E-state index in [4.69, 9.17) is 14.2 Å². The summed E-state index contributed by atoms with van der Waals surface area (Å²) >= 11 is 3.42. The molecule has 0 unspecified atom stereocenters. The van der Waals surface area contributed by atoms with Gasteiger partial charge in [0, 0.05) is 4.47 Å². The zero-order valence-corrected chi connectivity index (χ0v) is 23.2. The highest BCUT2D eigenvalue weighted by Crippen LogP contribution is 2.15. The van der Waals surface area contributed by atoms with Crippen LogP contribution in [0.5, 0.6) is 5.75 Å². The Balaban J connectivity index is 1.52. The van der Waals surface area contributed by atoms with E-state index in [0.717, 1.165) is 21.2 Å². The van der Waals surface area contributed by atoms with Crippen LogP contribution in [0.3, 0.4) is 0 Å². The van der Waals surface area contributed by atoms with Gasteiger partial charge in [0.15, 0.2) is 0 Å². The van der Waals surface area contributed by atoms with E-state index in [1.807, 2.05) is 78.9 Å². The first-order chi connectivity index (χ1) is 18.2. The molecule has 3 aromatic carbocycles. The number of halogens is 1. The first-order valence-corrected chi connectivity index (χ1v) is 12.9. The monoisotopic (exact) mass is 581 g/mol. The summed E-state index contributed by atoms with van der Waals surface area (Å²) in [4.78, 5) is 25.0. The van der Waals surface area contributed by atoms with Crippen molar-refractivity contribution < 1.29 is 23.8 Å². The molecule has 200 valence electrons. The molecule has 0 aliphatic heterocycles. The van der Waals surface area contributed by atoms with Crippen molar-refractivity contribution in [3.63, 3.8) is 0 Å². The lowest BCUT2D eigenvalue weighted by Gasteiger charge is -2.22. The zero-order valence-electron chi connectivity index (χ0n) is 21.6. The van der Waals surface area contributed by atoms with Crippen molar-refractivity contribution in [3.05, 3.63) is 100 Å².